The molecule has 15 heavy (non-hydrogen) atoms. The summed E-state index contributed by atoms with van der Waals surface area (Å²) in [5.74, 6) is 0. The van der Waals surface area contributed by atoms with Crippen LogP contribution < -0.4 is 0 Å². The van der Waals surface area contributed by atoms with E-state index in [0.29, 0.717) is 4.77 Å². The molecule has 0 bridgehead atoms. The molecule has 0 amide bonds. The van der Waals surface area contributed by atoms with Gasteiger partial charge in [-0.15, -0.1) is 0 Å². The lowest BCUT2D eigenvalue weighted by molar-refractivity contribution is 0.863. The van der Waals surface area contributed by atoms with Crippen LogP contribution in [0, 0.1) is 4.77 Å². The lowest BCUT2D eigenvalue weighted by Gasteiger charge is -1.93. The third kappa shape index (κ3) is 2.60. The number of benzene rings is 1. The number of hydrogen-bond acceptors (Lipinski definition) is 3. The van der Waals surface area contributed by atoms with E-state index in [9.17, 15) is 0 Å². The van der Waals surface area contributed by atoms with Crippen LogP contribution in [0.1, 0.15) is 5.56 Å². The van der Waals surface area contributed by atoms with Gasteiger partial charge in [0, 0.05) is 4.47 Å². The number of nitrogens with zero attached hydrogens (tertiary/aromatic N) is 3. The molecule has 0 unspecified atom stereocenters. The molecule has 2 rings (SSSR count). The first kappa shape index (κ1) is 10.3. The summed E-state index contributed by atoms with van der Waals surface area (Å²) in [6.45, 7) is 0. The van der Waals surface area contributed by atoms with E-state index in [2.05, 4.69) is 31.2 Å². The van der Waals surface area contributed by atoms with Crippen molar-refractivity contribution in [2.24, 2.45) is 5.10 Å². The fourth-order valence-corrected chi connectivity index (χ4v) is 1.41. The molecule has 0 spiro atoms. The van der Waals surface area contributed by atoms with Crippen LogP contribution >= 0.6 is 28.1 Å². The number of aromatic amines is 1. The van der Waals surface area contributed by atoms with Crippen molar-refractivity contribution in [2.75, 3.05) is 0 Å². The monoisotopic (exact) mass is 282 g/mol. The van der Waals surface area contributed by atoms with Crippen LogP contribution in [0.25, 0.3) is 0 Å². The van der Waals surface area contributed by atoms with Crippen LogP contribution in [0.2, 0.25) is 0 Å². The van der Waals surface area contributed by atoms with Gasteiger partial charge in [0.05, 0.1) is 6.21 Å². The molecule has 76 valence electrons. The summed E-state index contributed by atoms with van der Waals surface area (Å²) in [5.41, 5.74) is 1.00. The van der Waals surface area contributed by atoms with Gasteiger partial charge in [0.25, 0.3) is 0 Å². The Morgan fingerprint density at radius 3 is 2.73 bits per heavy atom. The number of H-pyrrole nitrogens is 1. The second kappa shape index (κ2) is 4.50. The quantitative estimate of drug-likeness (QED) is 0.680. The Bertz CT molecular complexity index is 526. The van der Waals surface area contributed by atoms with Gasteiger partial charge in [-0.25, -0.2) is 0 Å². The van der Waals surface area contributed by atoms with Gasteiger partial charge in [-0.1, -0.05) is 28.1 Å². The maximum absolute atomic E-state index is 4.95. The number of aromatic nitrogens is 3. The van der Waals surface area contributed by atoms with E-state index < -0.39 is 0 Å². The van der Waals surface area contributed by atoms with Gasteiger partial charge in [0.2, 0.25) is 4.77 Å². The molecule has 0 saturated carbocycles. The van der Waals surface area contributed by atoms with Crippen molar-refractivity contribution in [1.82, 2.24) is 14.9 Å². The van der Waals surface area contributed by atoms with Crippen LogP contribution in [0.5, 0.6) is 0 Å². The number of hydrogen-bond donors (Lipinski definition) is 1. The average molecular weight is 283 g/mol. The highest BCUT2D eigenvalue weighted by molar-refractivity contribution is 9.10. The highest BCUT2D eigenvalue weighted by Gasteiger charge is 1.90. The molecule has 0 aliphatic heterocycles. The largest absolute Gasteiger partial charge is 0.250 e. The number of halogens is 1. The molecule has 0 aliphatic rings. The van der Waals surface area contributed by atoms with Crippen LogP contribution in [-0.4, -0.2) is 21.1 Å². The summed E-state index contributed by atoms with van der Waals surface area (Å²) in [6, 6.07) is 7.82. The number of nitrogens with one attached hydrogen (secondary N) is 1. The number of rotatable bonds is 2. The first-order valence-corrected chi connectivity index (χ1v) is 5.38. The van der Waals surface area contributed by atoms with Crippen LogP contribution in [0.4, 0.5) is 0 Å². The SMILES string of the molecule is S=c1[nH]ncn1/N=C/c1ccc(Br)cc1. The van der Waals surface area contributed by atoms with E-state index in [-0.39, 0.29) is 0 Å². The van der Waals surface area contributed by atoms with Crippen molar-refractivity contribution in [3.05, 3.63) is 45.4 Å². The van der Waals surface area contributed by atoms with Gasteiger partial charge in [-0.2, -0.15) is 14.9 Å². The van der Waals surface area contributed by atoms with E-state index in [1.807, 2.05) is 24.3 Å². The zero-order valence-corrected chi connectivity index (χ0v) is 9.99. The molecule has 1 aromatic heterocycles. The van der Waals surface area contributed by atoms with Gasteiger partial charge in [0.15, 0.2) is 0 Å². The molecule has 0 aliphatic carbocycles. The Hall–Kier alpha value is -1.27. The second-order valence-electron chi connectivity index (χ2n) is 2.80. The van der Waals surface area contributed by atoms with E-state index >= 15 is 0 Å². The third-order valence-corrected chi connectivity index (χ3v) is 2.54. The van der Waals surface area contributed by atoms with Gasteiger partial charge < -0.3 is 0 Å². The fourth-order valence-electron chi connectivity index (χ4n) is 1.00. The highest BCUT2D eigenvalue weighted by Crippen LogP contribution is 2.09. The molecule has 0 saturated heterocycles. The van der Waals surface area contributed by atoms with Crippen molar-refractivity contribution in [3.8, 4) is 0 Å². The van der Waals surface area contributed by atoms with Crippen molar-refractivity contribution >= 4 is 34.4 Å². The van der Waals surface area contributed by atoms with E-state index in [1.165, 1.54) is 11.0 Å². The minimum Gasteiger partial charge on any atom is -0.250 e. The maximum atomic E-state index is 4.95. The Kier molecular flexibility index (Phi) is 3.08. The zero-order chi connectivity index (χ0) is 10.7. The molecule has 1 N–H and O–H groups in total. The molecule has 0 fully saturated rings. The molecule has 6 heteroatoms. The molecule has 0 atom stereocenters. The molecule has 0 radical (unpaired) electrons. The fraction of sp³-hybridized carbons (Fsp3) is 0. The lowest BCUT2D eigenvalue weighted by Crippen LogP contribution is -1.88. The standard InChI is InChI=1S/C9H7BrN4S/c10-8-3-1-7(2-4-8)5-12-14-6-11-13-9(14)15/h1-6H,(H,13,15)/b12-5+. The van der Waals surface area contributed by atoms with E-state index in [0.717, 1.165) is 10.0 Å². The van der Waals surface area contributed by atoms with Crippen molar-refractivity contribution in [1.29, 1.82) is 0 Å². The van der Waals surface area contributed by atoms with E-state index in [4.69, 9.17) is 12.2 Å². The molecule has 1 aromatic carbocycles. The summed E-state index contributed by atoms with van der Waals surface area (Å²) in [7, 11) is 0. The topological polar surface area (TPSA) is 46.0 Å². The third-order valence-electron chi connectivity index (χ3n) is 1.74. The van der Waals surface area contributed by atoms with Crippen LogP contribution in [0.3, 0.4) is 0 Å². The summed E-state index contributed by atoms with van der Waals surface area (Å²) >= 11 is 8.31. The Labute approximate surface area is 99.8 Å². The summed E-state index contributed by atoms with van der Waals surface area (Å²) in [5, 5.41) is 10.5. The zero-order valence-electron chi connectivity index (χ0n) is 7.59. The van der Waals surface area contributed by atoms with E-state index in [1.54, 1.807) is 6.21 Å². The Morgan fingerprint density at radius 1 is 1.40 bits per heavy atom. The molecular formula is C9H7BrN4S. The second-order valence-corrected chi connectivity index (χ2v) is 4.10. The van der Waals surface area contributed by atoms with Crippen LogP contribution in [-0.2, 0) is 0 Å². The summed E-state index contributed by atoms with van der Waals surface area (Å²) in [6.07, 6.45) is 3.25. The van der Waals surface area contributed by atoms with Gasteiger partial charge >= 0.3 is 0 Å². The first-order valence-electron chi connectivity index (χ1n) is 4.17. The predicted octanol–water partition coefficient (Wildman–Crippen LogP) is 2.59. The average Bonchev–Trinajstić information content (AvgIpc) is 2.63. The normalized spacial score (nSPS) is 11.0. The van der Waals surface area contributed by atoms with Crippen molar-refractivity contribution in [3.63, 3.8) is 0 Å². The van der Waals surface area contributed by atoms with Gasteiger partial charge in [-0.05, 0) is 29.9 Å². The minimum atomic E-state index is 0.475. The van der Waals surface area contributed by atoms with Gasteiger partial charge in [-0.3, -0.25) is 5.10 Å². The van der Waals surface area contributed by atoms with Crippen LogP contribution in [0.15, 0.2) is 40.2 Å². The Balaban J connectivity index is 2.22. The summed E-state index contributed by atoms with van der Waals surface area (Å²) in [4.78, 5) is 0. The predicted molar refractivity (Wildman–Crippen MR) is 64.5 cm³/mol. The summed E-state index contributed by atoms with van der Waals surface area (Å²) < 4.78 is 3.01. The molecular weight excluding hydrogens is 276 g/mol. The highest BCUT2D eigenvalue weighted by atomic mass is 79.9. The molecule has 4 nitrogen and oxygen atoms in total. The van der Waals surface area contributed by atoms with Gasteiger partial charge in [0.1, 0.15) is 6.33 Å². The molecule has 1 heterocycles. The molecule has 2 aromatic rings. The maximum Gasteiger partial charge on any atom is 0.216 e. The van der Waals surface area contributed by atoms with Crippen molar-refractivity contribution < 1.29 is 0 Å². The minimum absolute atomic E-state index is 0.475. The first-order chi connectivity index (χ1) is 7.25. The lowest BCUT2D eigenvalue weighted by atomic mass is 10.2. The smallest absolute Gasteiger partial charge is 0.216 e. The van der Waals surface area contributed by atoms with Crippen molar-refractivity contribution in [2.45, 2.75) is 0 Å². The Morgan fingerprint density at radius 2 is 2.13 bits per heavy atom.